The van der Waals surface area contributed by atoms with E-state index in [0.29, 0.717) is 0 Å². The third-order valence-corrected chi connectivity index (χ3v) is 4.91. The first kappa shape index (κ1) is 18.2. The summed E-state index contributed by atoms with van der Waals surface area (Å²) < 4.78 is 10.8. The zero-order valence-corrected chi connectivity index (χ0v) is 14.4. The number of rotatable bonds is 11. The second-order valence-electron chi connectivity index (χ2n) is 6.74. The van der Waals surface area contributed by atoms with Crippen molar-refractivity contribution >= 4 is 0 Å². The van der Waals surface area contributed by atoms with Gasteiger partial charge in [0.15, 0.2) is 0 Å². The van der Waals surface area contributed by atoms with E-state index >= 15 is 0 Å². The highest BCUT2D eigenvalue weighted by Crippen LogP contribution is 2.10. The molecule has 0 radical (unpaired) electrons. The van der Waals surface area contributed by atoms with Crippen molar-refractivity contribution in [3.63, 3.8) is 0 Å². The van der Waals surface area contributed by atoms with E-state index in [1.807, 2.05) is 0 Å². The van der Waals surface area contributed by atoms with Gasteiger partial charge in [-0.2, -0.15) is 0 Å². The summed E-state index contributed by atoms with van der Waals surface area (Å²) >= 11 is 0. The molecule has 4 nitrogen and oxygen atoms in total. The monoisotopic (exact) mass is 312 g/mol. The van der Waals surface area contributed by atoms with Crippen molar-refractivity contribution in [1.29, 1.82) is 0 Å². The molecule has 0 aromatic heterocycles. The number of hydrogen-bond donors (Lipinski definition) is 0. The molecule has 0 atom stereocenters. The molecular formula is C18H36N2O2. The van der Waals surface area contributed by atoms with Gasteiger partial charge in [-0.1, -0.05) is 38.5 Å². The molecule has 0 N–H and O–H groups in total. The maximum absolute atomic E-state index is 5.38. The Hall–Kier alpha value is -0.160. The first-order valence-corrected chi connectivity index (χ1v) is 9.55. The molecule has 2 rings (SSSR count). The molecule has 2 fully saturated rings. The quantitative estimate of drug-likeness (QED) is 0.548. The summed E-state index contributed by atoms with van der Waals surface area (Å²) in [6, 6.07) is 0. The van der Waals surface area contributed by atoms with Crippen LogP contribution in [-0.4, -0.2) is 75.5 Å². The Morgan fingerprint density at radius 3 is 1.14 bits per heavy atom. The van der Waals surface area contributed by atoms with Gasteiger partial charge in [-0.05, 0) is 25.9 Å². The smallest absolute Gasteiger partial charge is 0.0594 e. The van der Waals surface area contributed by atoms with Crippen LogP contribution < -0.4 is 0 Å². The zero-order valence-electron chi connectivity index (χ0n) is 14.4. The highest BCUT2D eigenvalue weighted by molar-refractivity contribution is 4.62. The van der Waals surface area contributed by atoms with Crippen molar-refractivity contribution in [2.75, 3.05) is 65.7 Å². The van der Waals surface area contributed by atoms with Crippen LogP contribution >= 0.6 is 0 Å². The molecule has 2 aliphatic rings. The Balaban J connectivity index is 1.28. The molecule has 0 saturated carbocycles. The average molecular weight is 312 g/mol. The number of nitrogens with zero attached hydrogens (tertiary/aromatic N) is 2. The van der Waals surface area contributed by atoms with Gasteiger partial charge in [-0.25, -0.2) is 0 Å². The highest BCUT2D eigenvalue weighted by atomic mass is 16.5. The van der Waals surface area contributed by atoms with E-state index < -0.39 is 0 Å². The highest BCUT2D eigenvalue weighted by Gasteiger charge is 2.09. The Morgan fingerprint density at radius 1 is 0.455 bits per heavy atom. The largest absolute Gasteiger partial charge is 0.379 e. The normalized spacial score (nSPS) is 21.3. The lowest BCUT2D eigenvalue weighted by Crippen LogP contribution is -2.36. The first-order chi connectivity index (χ1) is 10.9. The van der Waals surface area contributed by atoms with Gasteiger partial charge in [-0.3, -0.25) is 9.80 Å². The predicted molar refractivity (Wildman–Crippen MR) is 91.5 cm³/mol. The van der Waals surface area contributed by atoms with Crippen molar-refractivity contribution < 1.29 is 9.47 Å². The van der Waals surface area contributed by atoms with Crippen molar-refractivity contribution in [1.82, 2.24) is 9.80 Å². The second-order valence-corrected chi connectivity index (χ2v) is 6.74. The number of unbranched alkanes of at least 4 members (excludes halogenated alkanes) is 7. The minimum absolute atomic E-state index is 0.935. The summed E-state index contributed by atoms with van der Waals surface area (Å²) in [6.07, 6.45) is 11.3. The summed E-state index contributed by atoms with van der Waals surface area (Å²) in [7, 11) is 0. The van der Waals surface area contributed by atoms with Crippen molar-refractivity contribution in [2.24, 2.45) is 0 Å². The molecule has 0 aromatic carbocycles. The third-order valence-electron chi connectivity index (χ3n) is 4.91. The maximum atomic E-state index is 5.38. The van der Waals surface area contributed by atoms with Gasteiger partial charge in [0.05, 0.1) is 26.4 Å². The number of ether oxygens (including phenoxy) is 2. The van der Waals surface area contributed by atoms with Crippen molar-refractivity contribution in [2.45, 2.75) is 51.4 Å². The summed E-state index contributed by atoms with van der Waals surface area (Å²) in [6.45, 7) is 10.9. The molecule has 22 heavy (non-hydrogen) atoms. The topological polar surface area (TPSA) is 24.9 Å². The molecular weight excluding hydrogens is 276 g/mol. The predicted octanol–water partition coefficient (Wildman–Crippen LogP) is 2.77. The molecule has 4 heteroatoms. The molecule has 0 aromatic rings. The molecule has 0 bridgehead atoms. The van der Waals surface area contributed by atoms with Gasteiger partial charge >= 0.3 is 0 Å². The van der Waals surface area contributed by atoms with E-state index in [4.69, 9.17) is 9.47 Å². The third kappa shape index (κ3) is 8.47. The van der Waals surface area contributed by atoms with E-state index in [1.165, 1.54) is 64.5 Å². The van der Waals surface area contributed by atoms with Gasteiger partial charge in [0.1, 0.15) is 0 Å². The van der Waals surface area contributed by atoms with Crippen molar-refractivity contribution in [3.8, 4) is 0 Å². The average Bonchev–Trinajstić information content (AvgIpc) is 2.58. The van der Waals surface area contributed by atoms with Crippen LogP contribution in [0.1, 0.15) is 51.4 Å². The van der Waals surface area contributed by atoms with Crippen LogP contribution in [0.25, 0.3) is 0 Å². The van der Waals surface area contributed by atoms with Gasteiger partial charge in [0, 0.05) is 26.2 Å². The fourth-order valence-electron chi connectivity index (χ4n) is 3.38. The van der Waals surface area contributed by atoms with Crippen LogP contribution in [0.15, 0.2) is 0 Å². The van der Waals surface area contributed by atoms with Crippen LogP contribution in [0.5, 0.6) is 0 Å². The van der Waals surface area contributed by atoms with E-state index in [2.05, 4.69) is 9.80 Å². The van der Waals surface area contributed by atoms with E-state index in [1.54, 1.807) is 0 Å². The minimum Gasteiger partial charge on any atom is -0.379 e. The molecule has 130 valence electrons. The molecule has 0 amide bonds. The van der Waals surface area contributed by atoms with Crippen LogP contribution in [0.3, 0.4) is 0 Å². The molecule has 0 spiro atoms. The van der Waals surface area contributed by atoms with Gasteiger partial charge < -0.3 is 9.47 Å². The Bertz CT molecular complexity index is 225. The maximum Gasteiger partial charge on any atom is 0.0594 e. The van der Waals surface area contributed by atoms with Crippen LogP contribution in [0, 0.1) is 0 Å². The Labute approximate surface area is 137 Å². The molecule has 2 heterocycles. The van der Waals surface area contributed by atoms with E-state index in [0.717, 1.165) is 52.6 Å². The Morgan fingerprint density at radius 2 is 0.773 bits per heavy atom. The molecule has 2 aliphatic heterocycles. The lowest BCUT2D eigenvalue weighted by molar-refractivity contribution is 0.0369. The van der Waals surface area contributed by atoms with Crippen LogP contribution in [-0.2, 0) is 9.47 Å². The fourth-order valence-corrected chi connectivity index (χ4v) is 3.38. The number of hydrogen-bond acceptors (Lipinski definition) is 4. The summed E-state index contributed by atoms with van der Waals surface area (Å²) in [5, 5.41) is 0. The second kappa shape index (κ2) is 12.3. The van der Waals surface area contributed by atoms with Crippen LogP contribution in [0.2, 0.25) is 0 Å². The Kier molecular flexibility index (Phi) is 10.2. The van der Waals surface area contributed by atoms with Gasteiger partial charge in [0.25, 0.3) is 0 Å². The zero-order chi connectivity index (χ0) is 15.3. The van der Waals surface area contributed by atoms with Crippen molar-refractivity contribution in [3.05, 3.63) is 0 Å². The summed E-state index contributed by atoms with van der Waals surface area (Å²) in [4.78, 5) is 5.10. The SMILES string of the molecule is C(CCCCCN1CCOCC1)CCCCN1CCOCC1. The molecule has 2 saturated heterocycles. The van der Waals surface area contributed by atoms with E-state index in [-0.39, 0.29) is 0 Å². The van der Waals surface area contributed by atoms with Gasteiger partial charge in [-0.15, -0.1) is 0 Å². The lowest BCUT2D eigenvalue weighted by atomic mass is 10.1. The fraction of sp³-hybridized carbons (Fsp3) is 1.00. The van der Waals surface area contributed by atoms with E-state index in [9.17, 15) is 0 Å². The first-order valence-electron chi connectivity index (χ1n) is 9.55. The minimum atomic E-state index is 0.935. The molecule has 0 unspecified atom stereocenters. The summed E-state index contributed by atoms with van der Waals surface area (Å²) in [5.41, 5.74) is 0. The summed E-state index contributed by atoms with van der Waals surface area (Å²) in [5.74, 6) is 0. The number of morpholine rings is 2. The molecule has 0 aliphatic carbocycles. The standard InChI is InChI=1S/C18H36N2O2/c1(3-5-7-9-19-11-15-21-16-12-19)2-4-6-8-10-20-13-17-22-18-14-20/h1-18H2. The lowest BCUT2D eigenvalue weighted by Gasteiger charge is -2.26. The van der Waals surface area contributed by atoms with Crippen LogP contribution in [0.4, 0.5) is 0 Å². The van der Waals surface area contributed by atoms with Gasteiger partial charge in [0.2, 0.25) is 0 Å².